The number of sulfonamides is 1. The second-order valence-corrected chi connectivity index (χ2v) is 12.5. The lowest BCUT2D eigenvalue weighted by Crippen LogP contribution is -2.37. The monoisotopic (exact) mass is 619 g/mol. The fourth-order valence-electron chi connectivity index (χ4n) is 4.74. The molecular formula is C29H22ClF4N3O4S. The number of rotatable bonds is 6. The van der Waals surface area contributed by atoms with Gasteiger partial charge in [-0.3, -0.25) is 9.59 Å². The van der Waals surface area contributed by atoms with E-state index >= 15 is 0 Å². The molecule has 0 saturated heterocycles. The summed E-state index contributed by atoms with van der Waals surface area (Å²) < 4.78 is 85.0. The molecule has 2 heterocycles. The Hall–Kier alpha value is -4.03. The summed E-state index contributed by atoms with van der Waals surface area (Å²) in [7, 11) is -4.23. The molecule has 0 radical (unpaired) electrons. The molecule has 5 rings (SSSR count). The molecule has 0 spiro atoms. The van der Waals surface area contributed by atoms with Crippen LogP contribution in [0.15, 0.2) is 60.7 Å². The molecule has 1 amide bonds. The van der Waals surface area contributed by atoms with Crippen molar-refractivity contribution < 1.29 is 35.6 Å². The molecule has 0 unspecified atom stereocenters. The SMILES string of the molecule is CC(C)S(=O)(=O)NC(=O)c1c(C2=CC=CCC2=O)c2cc(C(F)(F)F)c(F)cc2n1Cc1cc2ccccc2nc1Cl. The van der Waals surface area contributed by atoms with Crippen molar-refractivity contribution in [3.63, 3.8) is 0 Å². The number of amides is 1. The van der Waals surface area contributed by atoms with E-state index < -0.39 is 50.2 Å². The van der Waals surface area contributed by atoms with Crippen LogP contribution in [0.1, 0.15) is 47.4 Å². The number of carbonyl (C=O) groups excluding carboxylic acids is 2. The fourth-order valence-corrected chi connectivity index (χ4v) is 5.53. The molecule has 0 saturated carbocycles. The van der Waals surface area contributed by atoms with Crippen LogP contribution in [0.4, 0.5) is 17.6 Å². The molecule has 1 N–H and O–H groups in total. The number of hydrogen-bond donors (Lipinski definition) is 1. The minimum Gasteiger partial charge on any atom is -0.331 e. The van der Waals surface area contributed by atoms with E-state index in [-0.39, 0.29) is 40.2 Å². The summed E-state index contributed by atoms with van der Waals surface area (Å²) in [6.07, 6.45) is -0.880. The molecule has 7 nitrogen and oxygen atoms in total. The second-order valence-electron chi connectivity index (χ2n) is 9.95. The summed E-state index contributed by atoms with van der Waals surface area (Å²) in [5, 5.41) is -0.658. The zero-order valence-corrected chi connectivity index (χ0v) is 23.7. The molecule has 0 bridgehead atoms. The molecule has 0 atom stereocenters. The van der Waals surface area contributed by atoms with Crippen molar-refractivity contribution in [3.8, 4) is 0 Å². The Morgan fingerprint density at radius 3 is 2.55 bits per heavy atom. The number of halogens is 5. The van der Waals surface area contributed by atoms with Crippen LogP contribution in [-0.4, -0.2) is 34.9 Å². The van der Waals surface area contributed by atoms with Crippen molar-refractivity contribution in [2.24, 2.45) is 0 Å². The minimum absolute atomic E-state index is 0.00142. The lowest BCUT2D eigenvalue weighted by atomic mass is 9.93. The molecule has 2 aromatic heterocycles. The van der Waals surface area contributed by atoms with Gasteiger partial charge in [0.1, 0.15) is 16.7 Å². The molecule has 1 aliphatic carbocycles. The largest absolute Gasteiger partial charge is 0.419 e. The van der Waals surface area contributed by atoms with Gasteiger partial charge in [0.25, 0.3) is 5.91 Å². The van der Waals surface area contributed by atoms with Crippen LogP contribution in [0.3, 0.4) is 0 Å². The van der Waals surface area contributed by atoms with Crippen LogP contribution in [0.2, 0.25) is 5.15 Å². The first-order valence-electron chi connectivity index (χ1n) is 12.6. The first-order valence-corrected chi connectivity index (χ1v) is 14.5. The molecule has 42 heavy (non-hydrogen) atoms. The van der Waals surface area contributed by atoms with Crippen molar-refractivity contribution in [1.29, 1.82) is 0 Å². The number of nitrogens with one attached hydrogen (secondary N) is 1. The Labute approximate surface area is 242 Å². The highest BCUT2D eigenvalue weighted by molar-refractivity contribution is 7.90. The average molecular weight is 620 g/mol. The number of pyridine rings is 1. The van der Waals surface area contributed by atoms with E-state index in [0.29, 0.717) is 28.6 Å². The summed E-state index contributed by atoms with van der Waals surface area (Å²) in [4.78, 5) is 31.1. The van der Waals surface area contributed by atoms with Gasteiger partial charge in [0.2, 0.25) is 10.0 Å². The fraction of sp³-hybridized carbons (Fsp3) is 0.207. The van der Waals surface area contributed by atoms with Crippen LogP contribution in [0, 0.1) is 5.82 Å². The number of allylic oxidation sites excluding steroid dienone is 4. The normalized spacial score (nSPS) is 14.2. The quantitative estimate of drug-likeness (QED) is 0.198. The zero-order valence-electron chi connectivity index (χ0n) is 22.1. The maximum Gasteiger partial charge on any atom is 0.419 e. The standard InChI is InChI=1S/C29H22ClF4N3O4S/c1-15(2)42(40,41)36-28(39)26-25(18-8-4-6-10-24(18)38)19-12-20(29(32,33)34)21(31)13-23(19)37(26)14-17-11-16-7-3-5-9-22(16)35-27(17)30/h3-9,11-13,15H,10,14H2,1-2H3,(H,36,39). The predicted molar refractivity (Wildman–Crippen MR) is 151 cm³/mol. The molecular weight excluding hydrogens is 598 g/mol. The van der Waals surface area contributed by atoms with Gasteiger partial charge in [-0.1, -0.05) is 48.0 Å². The highest BCUT2D eigenvalue weighted by Crippen LogP contribution is 2.40. The van der Waals surface area contributed by atoms with Gasteiger partial charge in [-0.15, -0.1) is 0 Å². The van der Waals surface area contributed by atoms with Gasteiger partial charge < -0.3 is 4.57 Å². The number of benzene rings is 2. The lowest BCUT2D eigenvalue weighted by molar-refractivity contribution is -0.139. The predicted octanol–water partition coefficient (Wildman–Crippen LogP) is 6.43. The third kappa shape index (κ3) is 5.32. The van der Waals surface area contributed by atoms with Gasteiger partial charge in [-0.25, -0.2) is 22.5 Å². The maximum absolute atomic E-state index is 15.0. The van der Waals surface area contributed by atoms with Crippen LogP contribution in [-0.2, 0) is 27.5 Å². The van der Waals surface area contributed by atoms with Gasteiger partial charge in [0.15, 0.2) is 5.78 Å². The number of aromatic nitrogens is 2. The summed E-state index contributed by atoms with van der Waals surface area (Å²) in [6.45, 7) is 2.34. The highest BCUT2D eigenvalue weighted by Gasteiger charge is 2.37. The van der Waals surface area contributed by atoms with Gasteiger partial charge >= 0.3 is 6.18 Å². The van der Waals surface area contributed by atoms with Crippen molar-refractivity contribution in [1.82, 2.24) is 14.3 Å². The number of ketones is 1. The maximum atomic E-state index is 15.0. The van der Waals surface area contributed by atoms with Gasteiger partial charge in [0, 0.05) is 33.9 Å². The molecule has 0 fully saturated rings. The number of alkyl halides is 3. The Morgan fingerprint density at radius 2 is 1.88 bits per heavy atom. The van der Waals surface area contributed by atoms with E-state index in [2.05, 4.69) is 4.98 Å². The Morgan fingerprint density at radius 1 is 1.17 bits per heavy atom. The van der Waals surface area contributed by atoms with E-state index in [1.165, 1.54) is 32.1 Å². The van der Waals surface area contributed by atoms with Crippen molar-refractivity contribution in [2.75, 3.05) is 0 Å². The second kappa shape index (κ2) is 10.7. The Balaban J connectivity index is 1.87. The van der Waals surface area contributed by atoms with Gasteiger partial charge in [-0.2, -0.15) is 13.2 Å². The van der Waals surface area contributed by atoms with E-state index in [9.17, 15) is 35.6 Å². The van der Waals surface area contributed by atoms with Crippen LogP contribution < -0.4 is 4.72 Å². The molecule has 1 aliphatic rings. The zero-order chi connectivity index (χ0) is 30.6. The van der Waals surface area contributed by atoms with E-state index in [1.807, 2.05) is 4.72 Å². The molecule has 0 aliphatic heterocycles. The van der Waals surface area contributed by atoms with Crippen LogP contribution in [0.25, 0.3) is 27.4 Å². The number of hydrogen-bond acceptors (Lipinski definition) is 5. The average Bonchev–Trinajstić information content (AvgIpc) is 3.20. The Bertz CT molecular complexity index is 1960. The minimum atomic E-state index is -5.10. The first kappa shape index (κ1) is 29.5. The number of para-hydroxylation sites is 1. The molecule has 4 aromatic rings. The lowest BCUT2D eigenvalue weighted by Gasteiger charge is -2.16. The molecule has 218 valence electrons. The summed E-state index contributed by atoms with van der Waals surface area (Å²) in [6, 6.07) is 9.75. The van der Waals surface area contributed by atoms with E-state index in [1.54, 1.807) is 30.3 Å². The Kier molecular flexibility index (Phi) is 7.48. The summed E-state index contributed by atoms with van der Waals surface area (Å²) in [5.41, 5.74) is -1.77. The van der Waals surface area contributed by atoms with E-state index in [4.69, 9.17) is 11.6 Å². The molecule has 2 aromatic carbocycles. The topological polar surface area (TPSA) is 98.1 Å². The van der Waals surface area contributed by atoms with Gasteiger partial charge in [0.05, 0.1) is 28.4 Å². The summed E-state index contributed by atoms with van der Waals surface area (Å²) >= 11 is 6.46. The number of carbonyl (C=O) groups is 2. The van der Waals surface area contributed by atoms with Crippen LogP contribution in [0.5, 0.6) is 0 Å². The van der Waals surface area contributed by atoms with Crippen molar-refractivity contribution in [3.05, 3.63) is 94.0 Å². The highest BCUT2D eigenvalue weighted by atomic mass is 35.5. The first-order chi connectivity index (χ1) is 19.7. The van der Waals surface area contributed by atoms with E-state index in [0.717, 1.165) is 4.57 Å². The van der Waals surface area contributed by atoms with Crippen molar-refractivity contribution in [2.45, 2.75) is 38.2 Å². The number of fused-ring (bicyclic) bond motifs is 2. The third-order valence-electron chi connectivity index (χ3n) is 6.88. The van der Waals surface area contributed by atoms with Crippen molar-refractivity contribution >= 4 is 60.7 Å². The number of Topliss-reactive ketones (excluding diaryl/α,β-unsaturated/α-hetero) is 1. The van der Waals surface area contributed by atoms with Crippen LogP contribution >= 0.6 is 11.6 Å². The molecule has 13 heteroatoms. The smallest absolute Gasteiger partial charge is 0.331 e. The summed E-state index contributed by atoms with van der Waals surface area (Å²) in [5.74, 6) is -3.36. The third-order valence-corrected chi connectivity index (χ3v) is 8.92. The van der Waals surface area contributed by atoms with Gasteiger partial charge in [-0.05, 0) is 38.1 Å². The number of nitrogens with zero attached hydrogens (tertiary/aromatic N) is 2.